The molecule has 0 saturated carbocycles. The Balaban J connectivity index is 1.69. The van der Waals surface area contributed by atoms with Crippen molar-refractivity contribution in [1.82, 2.24) is 15.1 Å². The predicted molar refractivity (Wildman–Crippen MR) is 106 cm³/mol. The fourth-order valence-corrected chi connectivity index (χ4v) is 3.39. The van der Waals surface area contributed by atoms with Crippen LogP contribution in [-0.4, -0.2) is 54.3 Å². The van der Waals surface area contributed by atoms with Crippen LogP contribution in [0.5, 0.6) is 0 Å². The third-order valence-corrected chi connectivity index (χ3v) is 5.09. The highest BCUT2D eigenvalue weighted by Gasteiger charge is 2.25. The van der Waals surface area contributed by atoms with Crippen LogP contribution >= 0.6 is 0 Å². The lowest BCUT2D eigenvalue weighted by Crippen LogP contribution is -2.49. The van der Waals surface area contributed by atoms with Crippen molar-refractivity contribution in [3.8, 4) is 0 Å². The summed E-state index contributed by atoms with van der Waals surface area (Å²) in [6, 6.07) is 18.5. The fourth-order valence-electron chi connectivity index (χ4n) is 3.39. The van der Waals surface area contributed by atoms with E-state index in [2.05, 4.69) is 17.1 Å². The SMILES string of the molecule is CCN1CCN(C(=O)CC(NC(=O)c2ccccc2)c2ccccc2)CC1. The zero-order valence-corrected chi connectivity index (χ0v) is 15.8. The first-order valence-electron chi connectivity index (χ1n) is 9.58. The Morgan fingerprint density at radius 3 is 2.11 bits per heavy atom. The molecule has 0 bridgehead atoms. The fraction of sp³-hybridized carbons (Fsp3) is 0.364. The molecule has 1 fully saturated rings. The summed E-state index contributed by atoms with van der Waals surface area (Å²) >= 11 is 0. The first-order valence-corrected chi connectivity index (χ1v) is 9.58. The molecule has 0 spiro atoms. The maximum Gasteiger partial charge on any atom is 0.251 e. The Labute approximate surface area is 161 Å². The third kappa shape index (κ3) is 5.17. The summed E-state index contributed by atoms with van der Waals surface area (Å²) in [6.45, 7) is 6.48. The van der Waals surface area contributed by atoms with Crippen LogP contribution in [0.3, 0.4) is 0 Å². The molecule has 0 aliphatic carbocycles. The highest BCUT2D eigenvalue weighted by Crippen LogP contribution is 2.19. The highest BCUT2D eigenvalue weighted by molar-refractivity contribution is 5.94. The highest BCUT2D eigenvalue weighted by atomic mass is 16.2. The van der Waals surface area contributed by atoms with Gasteiger partial charge in [-0.1, -0.05) is 55.5 Å². The number of amides is 2. The second kappa shape index (κ2) is 9.33. The normalized spacial score (nSPS) is 16.0. The maximum absolute atomic E-state index is 12.9. The number of benzene rings is 2. The van der Waals surface area contributed by atoms with Gasteiger partial charge in [0.1, 0.15) is 0 Å². The Kier molecular flexibility index (Phi) is 6.60. The van der Waals surface area contributed by atoms with Crippen LogP contribution in [0.25, 0.3) is 0 Å². The van der Waals surface area contributed by atoms with E-state index in [-0.39, 0.29) is 24.3 Å². The lowest BCUT2D eigenvalue weighted by atomic mass is 10.0. The topological polar surface area (TPSA) is 52.6 Å². The van der Waals surface area contributed by atoms with Crippen LogP contribution in [0.4, 0.5) is 0 Å². The molecule has 1 atom stereocenters. The van der Waals surface area contributed by atoms with E-state index in [1.807, 2.05) is 53.4 Å². The largest absolute Gasteiger partial charge is 0.345 e. The number of piperazine rings is 1. The number of likely N-dealkylation sites (N-methyl/N-ethyl adjacent to an activating group) is 1. The number of hydrogen-bond donors (Lipinski definition) is 1. The lowest BCUT2D eigenvalue weighted by Gasteiger charge is -2.35. The molecule has 27 heavy (non-hydrogen) atoms. The van der Waals surface area contributed by atoms with Crippen molar-refractivity contribution >= 4 is 11.8 Å². The molecule has 5 nitrogen and oxygen atoms in total. The monoisotopic (exact) mass is 365 g/mol. The van der Waals surface area contributed by atoms with Gasteiger partial charge in [0.2, 0.25) is 5.91 Å². The average Bonchev–Trinajstić information content (AvgIpc) is 2.74. The molecule has 1 aliphatic heterocycles. The Hall–Kier alpha value is -2.66. The summed E-state index contributed by atoms with van der Waals surface area (Å²) in [5.41, 5.74) is 1.55. The minimum Gasteiger partial charge on any atom is -0.345 e. The quantitative estimate of drug-likeness (QED) is 0.856. The molecule has 142 valence electrons. The molecular formula is C22H27N3O2. The number of rotatable bonds is 6. The van der Waals surface area contributed by atoms with E-state index in [0.29, 0.717) is 5.56 Å². The minimum absolute atomic E-state index is 0.0907. The van der Waals surface area contributed by atoms with Gasteiger partial charge in [-0.3, -0.25) is 9.59 Å². The van der Waals surface area contributed by atoms with Crippen LogP contribution in [-0.2, 0) is 4.79 Å². The zero-order chi connectivity index (χ0) is 19.1. The van der Waals surface area contributed by atoms with E-state index < -0.39 is 0 Å². The molecule has 5 heteroatoms. The van der Waals surface area contributed by atoms with Gasteiger partial charge >= 0.3 is 0 Å². The molecule has 0 aromatic heterocycles. The van der Waals surface area contributed by atoms with Crippen LogP contribution in [0, 0.1) is 0 Å². The molecule has 1 N–H and O–H groups in total. The van der Waals surface area contributed by atoms with Crippen molar-refractivity contribution in [1.29, 1.82) is 0 Å². The number of hydrogen-bond acceptors (Lipinski definition) is 3. The second-order valence-corrected chi connectivity index (χ2v) is 6.82. The molecule has 2 aromatic carbocycles. The van der Waals surface area contributed by atoms with E-state index in [1.54, 1.807) is 12.1 Å². The zero-order valence-electron chi connectivity index (χ0n) is 15.8. The standard InChI is InChI=1S/C22H27N3O2/c1-2-24-13-15-25(16-14-24)21(26)17-20(18-9-5-3-6-10-18)23-22(27)19-11-7-4-8-12-19/h3-12,20H,2,13-17H2,1H3,(H,23,27). The van der Waals surface area contributed by atoms with E-state index in [9.17, 15) is 9.59 Å². The van der Waals surface area contributed by atoms with E-state index in [4.69, 9.17) is 0 Å². The number of carbonyl (C=O) groups is 2. The van der Waals surface area contributed by atoms with Crippen LogP contribution in [0.1, 0.15) is 35.3 Å². The van der Waals surface area contributed by atoms with Gasteiger partial charge in [-0.2, -0.15) is 0 Å². The van der Waals surface area contributed by atoms with Gasteiger partial charge in [0.15, 0.2) is 0 Å². The van der Waals surface area contributed by atoms with Gasteiger partial charge in [-0.05, 0) is 24.2 Å². The lowest BCUT2D eigenvalue weighted by molar-refractivity contribution is -0.133. The predicted octanol–water partition coefficient (Wildman–Crippen LogP) is 2.71. The van der Waals surface area contributed by atoms with Crippen molar-refractivity contribution in [2.75, 3.05) is 32.7 Å². The smallest absolute Gasteiger partial charge is 0.251 e. The molecule has 0 radical (unpaired) electrons. The van der Waals surface area contributed by atoms with Crippen molar-refractivity contribution in [3.63, 3.8) is 0 Å². The Morgan fingerprint density at radius 1 is 0.926 bits per heavy atom. The summed E-state index contributed by atoms with van der Waals surface area (Å²) < 4.78 is 0. The van der Waals surface area contributed by atoms with Crippen molar-refractivity contribution in [2.45, 2.75) is 19.4 Å². The van der Waals surface area contributed by atoms with Crippen LogP contribution in [0.2, 0.25) is 0 Å². The minimum atomic E-state index is -0.337. The van der Waals surface area contributed by atoms with Crippen LogP contribution in [0.15, 0.2) is 60.7 Å². The molecule has 2 amide bonds. The van der Waals surface area contributed by atoms with E-state index >= 15 is 0 Å². The summed E-state index contributed by atoms with van der Waals surface area (Å²) in [5, 5.41) is 3.04. The summed E-state index contributed by atoms with van der Waals surface area (Å²) in [7, 11) is 0. The molecule has 1 unspecified atom stereocenters. The molecule has 1 heterocycles. The number of carbonyl (C=O) groups excluding carboxylic acids is 2. The average molecular weight is 365 g/mol. The van der Waals surface area contributed by atoms with Gasteiger partial charge < -0.3 is 15.1 Å². The van der Waals surface area contributed by atoms with E-state index in [1.165, 1.54) is 0 Å². The van der Waals surface area contributed by atoms with Gasteiger partial charge in [0.25, 0.3) is 5.91 Å². The molecule has 1 saturated heterocycles. The van der Waals surface area contributed by atoms with Gasteiger partial charge in [-0.25, -0.2) is 0 Å². The first kappa shape index (κ1) is 19.1. The molecule has 1 aliphatic rings. The van der Waals surface area contributed by atoms with Crippen molar-refractivity contribution in [3.05, 3.63) is 71.8 Å². The van der Waals surface area contributed by atoms with Crippen LogP contribution < -0.4 is 5.32 Å². The molecule has 2 aromatic rings. The number of nitrogens with zero attached hydrogens (tertiary/aromatic N) is 2. The summed E-state index contributed by atoms with van der Waals surface area (Å²) in [6.07, 6.45) is 0.273. The maximum atomic E-state index is 12.9. The van der Waals surface area contributed by atoms with Gasteiger partial charge in [0.05, 0.1) is 12.5 Å². The van der Waals surface area contributed by atoms with Crippen molar-refractivity contribution in [2.24, 2.45) is 0 Å². The van der Waals surface area contributed by atoms with E-state index in [0.717, 1.165) is 38.3 Å². The second-order valence-electron chi connectivity index (χ2n) is 6.82. The number of nitrogens with one attached hydrogen (secondary N) is 1. The van der Waals surface area contributed by atoms with Gasteiger partial charge in [0, 0.05) is 31.7 Å². The summed E-state index contributed by atoms with van der Waals surface area (Å²) in [5.74, 6) is -0.0685. The summed E-state index contributed by atoms with van der Waals surface area (Å²) in [4.78, 5) is 29.7. The first-order chi connectivity index (χ1) is 13.2. The Bertz CT molecular complexity index is 741. The van der Waals surface area contributed by atoms with Gasteiger partial charge in [-0.15, -0.1) is 0 Å². The third-order valence-electron chi connectivity index (χ3n) is 5.09. The molecule has 3 rings (SSSR count). The Morgan fingerprint density at radius 2 is 1.52 bits per heavy atom. The van der Waals surface area contributed by atoms with Crippen molar-refractivity contribution < 1.29 is 9.59 Å². The molecular weight excluding hydrogens is 338 g/mol.